The van der Waals surface area contributed by atoms with Gasteiger partial charge in [-0.25, -0.2) is 4.79 Å². The topological polar surface area (TPSA) is 55.4 Å². The van der Waals surface area contributed by atoms with Gasteiger partial charge in [-0.3, -0.25) is 4.79 Å². The number of alkyl carbamates (subject to hydrolysis) is 1. The Labute approximate surface area is 121 Å². The van der Waals surface area contributed by atoms with E-state index in [1.165, 1.54) is 11.3 Å². The van der Waals surface area contributed by atoms with Crippen LogP contribution >= 0.6 is 11.3 Å². The smallest absolute Gasteiger partial charge is 0.408 e. The largest absolute Gasteiger partial charge is 0.444 e. The summed E-state index contributed by atoms with van der Waals surface area (Å²) in [5, 5.41) is 3.52. The minimum atomic E-state index is -0.577. The number of carbonyl (C=O) groups is 2. The minimum absolute atomic E-state index is 0.0538. The molecular weight excluding hydrogens is 274 g/mol. The van der Waals surface area contributed by atoms with Crippen molar-refractivity contribution in [3.05, 3.63) is 35.2 Å². The average Bonchev–Trinajstić information content (AvgIpc) is 2.77. The third kappa shape index (κ3) is 3.81. The van der Waals surface area contributed by atoms with Gasteiger partial charge in [0.1, 0.15) is 5.60 Å². The van der Waals surface area contributed by atoms with E-state index in [1.54, 1.807) is 20.8 Å². The van der Waals surface area contributed by atoms with Crippen molar-refractivity contribution in [2.75, 3.05) is 6.54 Å². The molecule has 0 unspecified atom stereocenters. The SMILES string of the molecule is CC(C)(C)OC(=O)NCC(=O)c1cc2ccccc2s1. The molecule has 1 heterocycles. The maximum atomic E-state index is 12.0. The summed E-state index contributed by atoms with van der Waals surface area (Å²) in [6.45, 7) is 5.28. The Morgan fingerprint density at radius 2 is 1.95 bits per heavy atom. The highest BCUT2D eigenvalue weighted by Gasteiger charge is 2.17. The number of hydrogen-bond acceptors (Lipinski definition) is 4. The highest BCUT2D eigenvalue weighted by Crippen LogP contribution is 2.25. The summed E-state index contributed by atoms with van der Waals surface area (Å²) in [7, 11) is 0. The van der Waals surface area contributed by atoms with Gasteiger partial charge in [0.15, 0.2) is 5.78 Å². The average molecular weight is 291 g/mol. The predicted molar refractivity (Wildman–Crippen MR) is 80.4 cm³/mol. The number of carbonyl (C=O) groups excluding carboxylic acids is 2. The van der Waals surface area contributed by atoms with Crippen molar-refractivity contribution >= 4 is 33.3 Å². The zero-order valence-corrected chi connectivity index (χ0v) is 12.5. The van der Waals surface area contributed by atoms with Crippen LogP contribution in [-0.2, 0) is 4.74 Å². The monoisotopic (exact) mass is 291 g/mol. The fraction of sp³-hybridized carbons (Fsp3) is 0.333. The summed E-state index contributed by atoms with van der Waals surface area (Å²) in [6.07, 6.45) is -0.577. The third-order valence-electron chi connectivity index (χ3n) is 2.49. The molecule has 0 aliphatic heterocycles. The van der Waals surface area contributed by atoms with E-state index >= 15 is 0 Å². The Bertz CT molecular complexity index is 607. The van der Waals surface area contributed by atoms with Crippen molar-refractivity contribution in [1.82, 2.24) is 5.32 Å². The second-order valence-electron chi connectivity index (χ2n) is 5.43. The number of amides is 1. The third-order valence-corrected chi connectivity index (χ3v) is 3.65. The molecule has 2 rings (SSSR count). The summed E-state index contributed by atoms with van der Waals surface area (Å²) < 4.78 is 6.15. The molecule has 20 heavy (non-hydrogen) atoms. The van der Waals surface area contributed by atoms with Crippen molar-refractivity contribution < 1.29 is 14.3 Å². The molecule has 1 aromatic heterocycles. The zero-order chi connectivity index (χ0) is 14.8. The van der Waals surface area contributed by atoms with Crippen LogP contribution < -0.4 is 5.32 Å². The molecule has 0 aliphatic rings. The lowest BCUT2D eigenvalue weighted by Crippen LogP contribution is -2.35. The summed E-state index contributed by atoms with van der Waals surface area (Å²) in [5.41, 5.74) is -0.565. The van der Waals surface area contributed by atoms with Crippen molar-refractivity contribution in [3.8, 4) is 0 Å². The number of nitrogens with one attached hydrogen (secondary N) is 1. The van der Waals surface area contributed by atoms with E-state index in [0.717, 1.165) is 10.1 Å². The van der Waals surface area contributed by atoms with Crippen LogP contribution in [0.25, 0.3) is 10.1 Å². The molecule has 106 valence electrons. The normalized spacial score (nSPS) is 11.3. The minimum Gasteiger partial charge on any atom is -0.444 e. The second-order valence-corrected chi connectivity index (χ2v) is 6.51. The molecule has 1 amide bonds. The molecule has 2 aromatic rings. The summed E-state index contributed by atoms with van der Waals surface area (Å²) in [4.78, 5) is 24.1. The van der Waals surface area contributed by atoms with Crippen LogP contribution in [0.3, 0.4) is 0 Å². The Kier molecular flexibility index (Phi) is 4.09. The number of benzene rings is 1. The lowest BCUT2D eigenvalue weighted by atomic mass is 10.2. The summed E-state index contributed by atoms with van der Waals surface area (Å²) in [6, 6.07) is 9.65. The zero-order valence-electron chi connectivity index (χ0n) is 11.7. The molecule has 1 aromatic carbocycles. The van der Waals surface area contributed by atoms with Gasteiger partial charge in [0.05, 0.1) is 11.4 Å². The number of thiophene rings is 1. The van der Waals surface area contributed by atoms with Crippen LogP contribution in [0.15, 0.2) is 30.3 Å². The van der Waals surface area contributed by atoms with Crippen LogP contribution in [0.5, 0.6) is 0 Å². The Morgan fingerprint density at radius 1 is 1.25 bits per heavy atom. The van der Waals surface area contributed by atoms with Gasteiger partial charge in [-0.15, -0.1) is 11.3 Å². The quantitative estimate of drug-likeness (QED) is 0.879. The van der Waals surface area contributed by atoms with Gasteiger partial charge in [0.25, 0.3) is 0 Å². The van der Waals surface area contributed by atoms with Gasteiger partial charge in [-0.2, -0.15) is 0 Å². The lowest BCUT2D eigenvalue weighted by Gasteiger charge is -2.19. The number of ketones is 1. The van der Waals surface area contributed by atoms with Crippen molar-refractivity contribution in [1.29, 1.82) is 0 Å². The first-order chi connectivity index (χ1) is 9.35. The van der Waals surface area contributed by atoms with E-state index in [2.05, 4.69) is 5.32 Å². The Morgan fingerprint density at radius 3 is 2.60 bits per heavy atom. The van der Waals surface area contributed by atoms with Crippen molar-refractivity contribution in [2.45, 2.75) is 26.4 Å². The number of ether oxygens (including phenoxy) is 1. The molecule has 0 bridgehead atoms. The molecule has 0 saturated heterocycles. The van der Waals surface area contributed by atoms with Gasteiger partial charge in [0, 0.05) is 4.70 Å². The Balaban J connectivity index is 1.97. The Hall–Kier alpha value is -1.88. The molecule has 0 spiro atoms. The van der Waals surface area contributed by atoms with E-state index < -0.39 is 11.7 Å². The number of fused-ring (bicyclic) bond motifs is 1. The first-order valence-electron chi connectivity index (χ1n) is 6.34. The van der Waals surface area contributed by atoms with Gasteiger partial charge in [-0.05, 0) is 38.3 Å². The molecule has 0 aliphatic carbocycles. The first-order valence-corrected chi connectivity index (χ1v) is 7.15. The van der Waals surface area contributed by atoms with E-state index in [9.17, 15) is 9.59 Å². The molecular formula is C15H17NO3S. The van der Waals surface area contributed by atoms with E-state index in [-0.39, 0.29) is 12.3 Å². The van der Waals surface area contributed by atoms with Crippen LogP contribution in [0.2, 0.25) is 0 Å². The van der Waals surface area contributed by atoms with Gasteiger partial charge in [0.2, 0.25) is 0 Å². The highest BCUT2D eigenvalue weighted by molar-refractivity contribution is 7.20. The van der Waals surface area contributed by atoms with Crippen LogP contribution in [0.1, 0.15) is 30.4 Å². The highest BCUT2D eigenvalue weighted by atomic mass is 32.1. The lowest BCUT2D eigenvalue weighted by molar-refractivity contribution is 0.0520. The molecule has 5 heteroatoms. The van der Waals surface area contributed by atoms with Crippen LogP contribution in [0.4, 0.5) is 4.79 Å². The molecule has 0 radical (unpaired) electrons. The van der Waals surface area contributed by atoms with Gasteiger partial charge in [-0.1, -0.05) is 18.2 Å². The number of Topliss-reactive ketones (excluding diaryl/α,β-unsaturated/α-hetero) is 1. The molecule has 4 nitrogen and oxygen atoms in total. The standard InChI is InChI=1S/C15H17NO3S/c1-15(2,3)19-14(18)16-9-11(17)13-8-10-6-4-5-7-12(10)20-13/h4-8H,9H2,1-3H3,(H,16,18). The van der Waals surface area contributed by atoms with E-state index in [4.69, 9.17) is 4.74 Å². The molecule has 0 saturated carbocycles. The predicted octanol–water partition coefficient (Wildman–Crippen LogP) is 3.61. The number of hydrogen-bond donors (Lipinski definition) is 1. The number of rotatable bonds is 3. The van der Waals surface area contributed by atoms with Crippen molar-refractivity contribution in [2.24, 2.45) is 0 Å². The maximum Gasteiger partial charge on any atom is 0.408 e. The summed E-state index contributed by atoms with van der Waals surface area (Å²) >= 11 is 1.43. The fourth-order valence-electron chi connectivity index (χ4n) is 1.67. The van der Waals surface area contributed by atoms with E-state index in [0.29, 0.717) is 4.88 Å². The molecule has 0 fully saturated rings. The fourth-order valence-corrected chi connectivity index (χ4v) is 2.67. The maximum absolute atomic E-state index is 12.0. The second kappa shape index (κ2) is 5.63. The van der Waals surface area contributed by atoms with E-state index in [1.807, 2.05) is 30.3 Å². The molecule has 1 N–H and O–H groups in total. The van der Waals surface area contributed by atoms with Crippen molar-refractivity contribution in [3.63, 3.8) is 0 Å². The van der Waals surface area contributed by atoms with Gasteiger partial charge >= 0.3 is 6.09 Å². The molecule has 0 atom stereocenters. The first kappa shape index (κ1) is 14.5. The summed E-state index contributed by atoms with van der Waals surface area (Å²) in [5.74, 6) is -0.114. The van der Waals surface area contributed by atoms with Crippen LogP contribution in [-0.4, -0.2) is 24.0 Å². The van der Waals surface area contributed by atoms with Gasteiger partial charge < -0.3 is 10.1 Å². The van der Waals surface area contributed by atoms with Crippen LogP contribution in [0, 0.1) is 0 Å².